The number of aliphatic hydroxyl groups is 1. The molecule has 13 heavy (non-hydrogen) atoms. The van der Waals surface area contributed by atoms with E-state index in [4.69, 9.17) is 10.8 Å². The topological polar surface area (TPSA) is 66.5 Å². The van der Waals surface area contributed by atoms with Gasteiger partial charge in [-0.25, -0.2) is 0 Å². The number of anilines is 1. The summed E-state index contributed by atoms with van der Waals surface area (Å²) in [5.41, 5.74) is 6.78. The van der Waals surface area contributed by atoms with Crippen LogP contribution >= 0.6 is 11.3 Å². The Bertz CT molecular complexity index is 450. The molecule has 2 aromatic rings. The van der Waals surface area contributed by atoms with Gasteiger partial charge in [-0.2, -0.15) is 0 Å². The molecule has 0 fully saturated rings. The van der Waals surface area contributed by atoms with Crippen LogP contribution in [0.25, 0.3) is 10.1 Å². The number of nitrogen functional groups attached to an aromatic ring is 1. The van der Waals surface area contributed by atoms with Crippen LogP contribution in [0.3, 0.4) is 0 Å². The van der Waals surface area contributed by atoms with Gasteiger partial charge in [-0.05, 0) is 11.4 Å². The van der Waals surface area contributed by atoms with E-state index in [0.29, 0.717) is 11.3 Å². The monoisotopic (exact) mass is 195 g/mol. The van der Waals surface area contributed by atoms with E-state index in [1.54, 1.807) is 0 Å². The predicted molar refractivity (Wildman–Crippen MR) is 53.8 cm³/mol. The average molecular weight is 195 g/mol. The lowest BCUT2D eigenvalue weighted by atomic mass is 10.1. The molecule has 1 heterocycles. The lowest BCUT2D eigenvalue weighted by Crippen LogP contribution is -1.93. The summed E-state index contributed by atoms with van der Waals surface area (Å²) in [4.78, 5) is 0. The fourth-order valence-electron chi connectivity index (χ4n) is 1.35. The largest absolute Gasteiger partial charge is 0.507 e. The predicted octanol–water partition coefficient (Wildman–Crippen LogP) is 1.68. The summed E-state index contributed by atoms with van der Waals surface area (Å²) in [6.07, 6.45) is 0. The van der Waals surface area contributed by atoms with Crippen molar-refractivity contribution in [2.45, 2.75) is 6.61 Å². The summed E-state index contributed by atoms with van der Waals surface area (Å²) < 4.78 is 0.861. The molecule has 0 bridgehead atoms. The van der Waals surface area contributed by atoms with Gasteiger partial charge < -0.3 is 15.9 Å². The minimum atomic E-state index is -0.0941. The van der Waals surface area contributed by atoms with Gasteiger partial charge in [0.05, 0.1) is 6.61 Å². The van der Waals surface area contributed by atoms with Crippen molar-refractivity contribution in [2.75, 3.05) is 5.73 Å². The Balaban J connectivity index is 2.88. The second-order valence-corrected chi connectivity index (χ2v) is 3.70. The zero-order valence-corrected chi connectivity index (χ0v) is 7.64. The first-order chi connectivity index (χ1) is 6.24. The van der Waals surface area contributed by atoms with E-state index >= 15 is 0 Å². The molecule has 0 aliphatic rings. The Morgan fingerprint density at radius 1 is 1.46 bits per heavy atom. The molecule has 3 nitrogen and oxygen atoms in total. The van der Waals surface area contributed by atoms with Crippen LogP contribution in [0.1, 0.15) is 5.56 Å². The number of aliphatic hydroxyl groups excluding tert-OH is 1. The molecule has 0 unspecified atom stereocenters. The first-order valence-electron chi connectivity index (χ1n) is 3.82. The zero-order valence-electron chi connectivity index (χ0n) is 6.82. The van der Waals surface area contributed by atoms with E-state index in [0.717, 1.165) is 10.1 Å². The maximum absolute atomic E-state index is 9.51. The third-order valence-corrected chi connectivity index (χ3v) is 2.99. The lowest BCUT2D eigenvalue weighted by Gasteiger charge is -2.05. The second-order valence-electron chi connectivity index (χ2n) is 2.78. The summed E-state index contributed by atoms with van der Waals surface area (Å²) in [5, 5.41) is 21.2. The molecular formula is C9H9NO2S. The number of phenolic OH excluding ortho intramolecular Hbond substituents is 1. The average Bonchev–Trinajstić information content (AvgIpc) is 2.53. The van der Waals surface area contributed by atoms with Crippen molar-refractivity contribution >= 4 is 27.1 Å². The Morgan fingerprint density at radius 2 is 2.23 bits per heavy atom. The third-order valence-electron chi connectivity index (χ3n) is 2.01. The quantitative estimate of drug-likeness (QED) is 0.606. The van der Waals surface area contributed by atoms with Crippen LogP contribution in [0.4, 0.5) is 5.69 Å². The molecule has 68 valence electrons. The molecular weight excluding hydrogens is 186 g/mol. The Labute approximate surface area is 79.0 Å². The molecule has 0 saturated heterocycles. The summed E-state index contributed by atoms with van der Waals surface area (Å²) in [6.45, 7) is -0.0941. The Morgan fingerprint density at radius 3 is 2.92 bits per heavy atom. The van der Waals surface area contributed by atoms with Crippen LogP contribution in [0, 0.1) is 0 Å². The maximum atomic E-state index is 9.51. The van der Waals surface area contributed by atoms with E-state index in [-0.39, 0.29) is 12.4 Å². The van der Waals surface area contributed by atoms with Crippen molar-refractivity contribution in [3.05, 3.63) is 23.1 Å². The van der Waals surface area contributed by atoms with E-state index in [2.05, 4.69) is 0 Å². The number of hydrogen-bond donors (Lipinski definition) is 3. The highest BCUT2D eigenvalue weighted by atomic mass is 32.1. The van der Waals surface area contributed by atoms with Crippen molar-refractivity contribution in [1.29, 1.82) is 0 Å². The van der Waals surface area contributed by atoms with Crippen LogP contribution in [-0.4, -0.2) is 10.2 Å². The number of nitrogens with two attached hydrogens (primary N) is 1. The van der Waals surface area contributed by atoms with Crippen molar-refractivity contribution in [2.24, 2.45) is 0 Å². The van der Waals surface area contributed by atoms with Gasteiger partial charge in [0.15, 0.2) is 0 Å². The van der Waals surface area contributed by atoms with Gasteiger partial charge in [-0.15, -0.1) is 11.3 Å². The molecule has 0 amide bonds. The summed E-state index contributed by atoms with van der Waals surface area (Å²) >= 11 is 1.47. The fourth-order valence-corrected chi connectivity index (χ4v) is 2.32. The van der Waals surface area contributed by atoms with E-state index in [9.17, 15) is 5.11 Å². The molecule has 0 atom stereocenters. The number of fused-ring (bicyclic) bond motifs is 1. The third kappa shape index (κ3) is 1.15. The molecule has 1 aromatic carbocycles. The SMILES string of the molecule is Nc1cc(O)c2ccsc2c1CO. The number of rotatable bonds is 1. The van der Waals surface area contributed by atoms with Crippen LogP contribution in [0.5, 0.6) is 5.75 Å². The fraction of sp³-hybridized carbons (Fsp3) is 0.111. The highest BCUT2D eigenvalue weighted by Gasteiger charge is 2.09. The second kappa shape index (κ2) is 2.90. The van der Waals surface area contributed by atoms with Gasteiger partial charge in [-0.3, -0.25) is 0 Å². The molecule has 2 rings (SSSR count). The van der Waals surface area contributed by atoms with Gasteiger partial charge in [0.25, 0.3) is 0 Å². The minimum Gasteiger partial charge on any atom is -0.507 e. The van der Waals surface area contributed by atoms with Crippen LogP contribution in [0.15, 0.2) is 17.5 Å². The highest BCUT2D eigenvalue weighted by Crippen LogP contribution is 2.35. The van der Waals surface area contributed by atoms with Gasteiger partial charge in [0.2, 0.25) is 0 Å². The summed E-state index contributed by atoms with van der Waals surface area (Å²) in [6, 6.07) is 3.29. The molecule has 0 radical (unpaired) electrons. The molecule has 0 spiro atoms. The number of aromatic hydroxyl groups is 1. The first kappa shape index (κ1) is 8.34. The standard InChI is InChI=1S/C9H9NO2S/c10-7-3-8(12)5-1-2-13-9(5)6(7)4-11/h1-3,11-12H,4,10H2. The number of thiophene rings is 1. The maximum Gasteiger partial charge on any atom is 0.126 e. The van der Waals surface area contributed by atoms with E-state index in [1.807, 2.05) is 11.4 Å². The zero-order chi connectivity index (χ0) is 9.42. The molecule has 4 N–H and O–H groups in total. The minimum absolute atomic E-state index is 0.0941. The lowest BCUT2D eigenvalue weighted by molar-refractivity contribution is 0.284. The Hall–Kier alpha value is -1.26. The highest BCUT2D eigenvalue weighted by molar-refractivity contribution is 7.17. The molecule has 1 aromatic heterocycles. The summed E-state index contributed by atoms with van der Waals surface area (Å²) in [7, 11) is 0. The number of hydrogen-bond acceptors (Lipinski definition) is 4. The molecule has 0 aliphatic carbocycles. The molecule has 0 saturated carbocycles. The smallest absolute Gasteiger partial charge is 0.126 e. The number of benzene rings is 1. The van der Waals surface area contributed by atoms with Crippen molar-refractivity contribution in [1.82, 2.24) is 0 Å². The van der Waals surface area contributed by atoms with Crippen LogP contribution in [0.2, 0.25) is 0 Å². The van der Waals surface area contributed by atoms with Crippen molar-refractivity contribution < 1.29 is 10.2 Å². The van der Waals surface area contributed by atoms with Gasteiger partial charge >= 0.3 is 0 Å². The van der Waals surface area contributed by atoms with Gasteiger partial charge in [-0.1, -0.05) is 0 Å². The Kier molecular flexibility index (Phi) is 1.86. The van der Waals surface area contributed by atoms with Crippen molar-refractivity contribution in [3.8, 4) is 5.75 Å². The normalized spacial score (nSPS) is 10.8. The van der Waals surface area contributed by atoms with Crippen molar-refractivity contribution in [3.63, 3.8) is 0 Å². The van der Waals surface area contributed by atoms with E-state index < -0.39 is 0 Å². The molecule has 0 aliphatic heterocycles. The van der Waals surface area contributed by atoms with E-state index in [1.165, 1.54) is 17.4 Å². The number of phenols is 1. The van der Waals surface area contributed by atoms with Gasteiger partial charge in [0.1, 0.15) is 5.75 Å². The van der Waals surface area contributed by atoms with Gasteiger partial charge in [0, 0.05) is 27.4 Å². The molecule has 4 heteroatoms. The first-order valence-corrected chi connectivity index (χ1v) is 4.70. The van der Waals surface area contributed by atoms with Crippen LogP contribution in [-0.2, 0) is 6.61 Å². The van der Waals surface area contributed by atoms with Crippen LogP contribution < -0.4 is 5.73 Å². The summed E-state index contributed by atoms with van der Waals surface area (Å²) in [5.74, 6) is 0.172.